The maximum atomic E-state index is 12.7. The van der Waals surface area contributed by atoms with Gasteiger partial charge in [-0.3, -0.25) is 30.0 Å². The first-order valence-corrected chi connectivity index (χ1v) is 7.49. The maximum absolute atomic E-state index is 12.7. The van der Waals surface area contributed by atoms with Crippen LogP contribution in [-0.4, -0.2) is 25.4 Å². The zero-order chi connectivity index (χ0) is 18.0. The predicted octanol–water partition coefficient (Wildman–Crippen LogP) is 2.92. The number of nitro groups is 1. The zero-order valence-electron chi connectivity index (χ0n) is 13.6. The second-order valence-corrected chi connectivity index (χ2v) is 5.43. The fourth-order valence-electron chi connectivity index (χ4n) is 2.55. The quantitative estimate of drug-likeness (QED) is 0.449. The van der Waals surface area contributed by atoms with Gasteiger partial charge in [0.2, 0.25) is 0 Å². The molecule has 25 heavy (non-hydrogen) atoms. The average Bonchev–Trinajstić information content (AvgIpc) is 2.90. The van der Waals surface area contributed by atoms with Crippen LogP contribution in [0.3, 0.4) is 0 Å². The van der Waals surface area contributed by atoms with Crippen molar-refractivity contribution in [2.24, 2.45) is 4.99 Å². The number of hydrogen-bond acceptors (Lipinski definition) is 5. The summed E-state index contributed by atoms with van der Waals surface area (Å²) in [4.78, 5) is 31.4. The van der Waals surface area contributed by atoms with Crippen molar-refractivity contribution < 1.29 is 4.92 Å². The number of non-ortho nitro benzene ring substituents is 1. The molecule has 0 amide bonds. The van der Waals surface area contributed by atoms with Gasteiger partial charge in [-0.25, -0.2) is 4.68 Å². The number of pyridine rings is 1. The van der Waals surface area contributed by atoms with Gasteiger partial charge in [0.15, 0.2) is 0 Å². The molecule has 0 aliphatic rings. The molecule has 0 spiro atoms. The smallest absolute Gasteiger partial charge is 0.280 e. The molecule has 0 saturated carbocycles. The molecule has 2 heterocycles. The van der Waals surface area contributed by atoms with Crippen molar-refractivity contribution in [3.63, 3.8) is 0 Å². The van der Waals surface area contributed by atoms with E-state index in [-0.39, 0.29) is 11.2 Å². The SMILES string of the molecule is CC(=Nc1cccnc1)c1c(C)[nH]n(-c2ccc([N+](=O)[O-])cc2)c1=O. The third kappa shape index (κ3) is 3.23. The van der Waals surface area contributed by atoms with Crippen molar-refractivity contribution >= 4 is 17.1 Å². The molecule has 3 rings (SSSR count). The second kappa shape index (κ2) is 6.52. The van der Waals surface area contributed by atoms with E-state index < -0.39 is 4.92 Å². The van der Waals surface area contributed by atoms with Gasteiger partial charge in [-0.05, 0) is 38.1 Å². The second-order valence-electron chi connectivity index (χ2n) is 5.43. The van der Waals surface area contributed by atoms with Crippen molar-refractivity contribution in [3.05, 3.63) is 80.5 Å². The maximum Gasteiger partial charge on any atom is 0.280 e. The van der Waals surface area contributed by atoms with E-state index in [2.05, 4.69) is 15.1 Å². The van der Waals surface area contributed by atoms with Gasteiger partial charge in [0.05, 0.1) is 33.8 Å². The molecule has 2 aromatic heterocycles. The lowest BCUT2D eigenvalue weighted by Gasteiger charge is -2.00. The number of nitrogens with one attached hydrogen (secondary N) is 1. The van der Waals surface area contributed by atoms with Crippen molar-refractivity contribution in [3.8, 4) is 5.69 Å². The van der Waals surface area contributed by atoms with Crippen LogP contribution in [0.25, 0.3) is 5.69 Å². The Hall–Kier alpha value is -3.55. The Kier molecular flexibility index (Phi) is 4.25. The number of aromatic nitrogens is 3. The van der Waals surface area contributed by atoms with Crippen LogP contribution in [0.2, 0.25) is 0 Å². The number of nitrogens with zero attached hydrogens (tertiary/aromatic N) is 4. The molecule has 0 aliphatic carbocycles. The third-order valence-corrected chi connectivity index (χ3v) is 3.69. The van der Waals surface area contributed by atoms with Crippen LogP contribution in [0.4, 0.5) is 11.4 Å². The first-order valence-electron chi connectivity index (χ1n) is 7.49. The molecule has 1 aromatic carbocycles. The summed E-state index contributed by atoms with van der Waals surface area (Å²) in [6, 6.07) is 9.32. The molecule has 0 fully saturated rings. The van der Waals surface area contributed by atoms with Crippen LogP contribution in [0.5, 0.6) is 0 Å². The van der Waals surface area contributed by atoms with Gasteiger partial charge >= 0.3 is 0 Å². The van der Waals surface area contributed by atoms with E-state index in [0.717, 1.165) is 0 Å². The largest absolute Gasteiger partial charge is 0.295 e. The number of aromatic amines is 1. The Morgan fingerprint density at radius 1 is 1.28 bits per heavy atom. The van der Waals surface area contributed by atoms with E-state index in [0.29, 0.717) is 28.3 Å². The first-order chi connectivity index (χ1) is 12.0. The average molecular weight is 337 g/mol. The molecular formula is C17H15N5O3. The molecule has 0 unspecified atom stereocenters. The van der Waals surface area contributed by atoms with E-state index in [9.17, 15) is 14.9 Å². The molecular weight excluding hydrogens is 322 g/mol. The molecule has 0 aliphatic heterocycles. The lowest BCUT2D eigenvalue weighted by Crippen LogP contribution is -2.19. The standard InChI is InChI=1S/C17H15N5O3/c1-11(19-13-4-3-9-18-10-13)16-12(2)20-21(17(16)23)14-5-7-15(8-6-14)22(24)25/h3-10,20H,1-2H3. The fourth-order valence-corrected chi connectivity index (χ4v) is 2.55. The van der Waals surface area contributed by atoms with E-state index in [1.165, 1.54) is 28.9 Å². The highest BCUT2D eigenvalue weighted by atomic mass is 16.6. The van der Waals surface area contributed by atoms with Crippen LogP contribution < -0.4 is 5.56 Å². The van der Waals surface area contributed by atoms with Gasteiger partial charge in [-0.15, -0.1) is 0 Å². The number of rotatable bonds is 4. The lowest BCUT2D eigenvalue weighted by atomic mass is 10.2. The summed E-state index contributed by atoms with van der Waals surface area (Å²) < 4.78 is 1.34. The normalized spacial score (nSPS) is 11.5. The number of aryl methyl sites for hydroxylation is 1. The van der Waals surface area contributed by atoms with Gasteiger partial charge in [-0.2, -0.15) is 0 Å². The first kappa shape index (κ1) is 16.3. The summed E-state index contributed by atoms with van der Waals surface area (Å²) in [6.45, 7) is 3.53. The van der Waals surface area contributed by atoms with Crippen LogP contribution in [0.1, 0.15) is 18.2 Å². The molecule has 0 bridgehead atoms. The Morgan fingerprint density at radius 3 is 2.60 bits per heavy atom. The highest BCUT2D eigenvalue weighted by Gasteiger charge is 2.16. The summed E-state index contributed by atoms with van der Waals surface area (Å²) in [7, 11) is 0. The summed E-state index contributed by atoms with van der Waals surface area (Å²) in [5.74, 6) is 0. The van der Waals surface area contributed by atoms with E-state index >= 15 is 0 Å². The predicted molar refractivity (Wildman–Crippen MR) is 93.9 cm³/mol. The Morgan fingerprint density at radius 2 is 2.00 bits per heavy atom. The Bertz CT molecular complexity index is 1000. The number of aliphatic imine (C=N–C) groups is 1. The van der Waals surface area contributed by atoms with Crippen LogP contribution in [0, 0.1) is 17.0 Å². The fraction of sp³-hybridized carbons (Fsp3) is 0.118. The van der Waals surface area contributed by atoms with E-state index in [1.54, 1.807) is 38.4 Å². The number of H-pyrrole nitrogens is 1. The van der Waals surface area contributed by atoms with Crippen LogP contribution in [-0.2, 0) is 0 Å². The van der Waals surface area contributed by atoms with Gasteiger partial charge in [0.1, 0.15) is 0 Å². The molecule has 8 nitrogen and oxygen atoms in total. The molecule has 1 N–H and O–H groups in total. The molecule has 3 aromatic rings. The zero-order valence-corrected chi connectivity index (χ0v) is 13.6. The minimum atomic E-state index is -0.483. The highest BCUT2D eigenvalue weighted by molar-refractivity contribution is 6.00. The topological polar surface area (TPSA) is 106 Å². The molecule has 8 heteroatoms. The van der Waals surface area contributed by atoms with Gasteiger partial charge in [0, 0.05) is 24.0 Å². The number of hydrogen-bond donors (Lipinski definition) is 1. The van der Waals surface area contributed by atoms with Crippen LogP contribution in [0.15, 0.2) is 58.6 Å². The van der Waals surface area contributed by atoms with Crippen LogP contribution >= 0.6 is 0 Å². The minimum Gasteiger partial charge on any atom is -0.295 e. The molecule has 0 atom stereocenters. The monoisotopic (exact) mass is 337 g/mol. The van der Waals surface area contributed by atoms with Crippen molar-refractivity contribution in [1.29, 1.82) is 0 Å². The summed E-state index contributed by atoms with van der Waals surface area (Å²) in [6.07, 6.45) is 3.26. The van der Waals surface area contributed by atoms with Gasteiger partial charge < -0.3 is 0 Å². The molecule has 0 saturated heterocycles. The Balaban J connectivity index is 2.03. The molecule has 0 radical (unpaired) electrons. The van der Waals surface area contributed by atoms with Gasteiger partial charge in [-0.1, -0.05) is 0 Å². The van der Waals surface area contributed by atoms with Gasteiger partial charge in [0.25, 0.3) is 11.2 Å². The number of nitro benzene ring substituents is 1. The summed E-state index contributed by atoms with van der Waals surface area (Å²) in [5, 5.41) is 13.7. The van der Waals surface area contributed by atoms with Crippen molar-refractivity contribution in [2.75, 3.05) is 0 Å². The van der Waals surface area contributed by atoms with Crippen molar-refractivity contribution in [1.82, 2.24) is 14.8 Å². The van der Waals surface area contributed by atoms with Crippen molar-refractivity contribution in [2.45, 2.75) is 13.8 Å². The minimum absolute atomic E-state index is 0.0328. The third-order valence-electron chi connectivity index (χ3n) is 3.69. The summed E-state index contributed by atoms with van der Waals surface area (Å²) in [5.41, 5.74) is 2.55. The highest BCUT2D eigenvalue weighted by Crippen LogP contribution is 2.16. The lowest BCUT2D eigenvalue weighted by molar-refractivity contribution is -0.384. The number of benzene rings is 1. The Labute approximate surface area is 142 Å². The molecule has 126 valence electrons. The summed E-state index contributed by atoms with van der Waals surface area (Å²) >= 11 is 0. The van der Waals surface area contributed by atoms with E-state index in [4.69, 9.17) is 0 Å². The van der Waals surface area contributed by atoms with E-state index in [1.807, 2.05) is 0 Å².